The summed E-state index contributed by atoms with van der Waals surface area (Å²) >= 11 is 0. The first-order valence-electron chi connectivity index (χ1n) is 9.88. The van der Waals surface area contributed by atoms with Crippen molar-refractivity contribution in [3.05, 3.63) is 0 Å². The van der Waals surface area contributed by atoms with E-state index in [1.807, 2.05) is 0 Å². The van der Waals surface area contributed by atoms with E-state index in [-0.39, 0.29) is 30.0 Å². The molecule has 4 heteroatoms. The lowest BCUT2D eigenvalue weighted by molar-refractivity contribution is -0.216. The Morgan fingerprint density at radius 3 is 2.33 bits per heavy atom. The predicted molar refractivity (Wildman–Crippen MR) is 91.2 cm³/mol. The summed E-state index contributed by atoms with van der Waals surface area (Å²) in [5.41, 5.74) is -0.949. The third-order valence-electron chi connectivity index (χ3n) is 9.54. The molecule has 4 aliphatic carbocycles. The van der Waals surface area contributed by atoms with Gasteiger partial charge in [-0.15, -0.1) is 0 Å². The van der Waals surface area contributed by atoms with Gasteiger partial charge in [-0.3, -0.25) is 0 Å². The van der Waals surface area contributed by atoms with Gasteiger partial charge in [-0.2, -0.15) is 0 Å². The zero-order chi connectivity index (χ0) is 17.4. The maximum atomic E-state index is 10.9. The molecule has 4 rings (SSSR count). The van der Waals surface area contributed by atoms with E-state index in [2.05, 4.69) is 13.8 Å². The van der Waals surface area contributed by atoms with E-state index in [9.17, 15) is 20.4 Å². The monoisotopic (exact) mass is 338 g/mol. The Bertz CT molecular complexity index is 524. The van der Waals surface area contributed by atoms with Crippen molar-refractivity contribution in [1.29, 1.82) is 0 Å². The van der Waals surface area contributed by atoms with E-state index in [0.29, 0.717) is 18.3 Å². The van der Waals surface area contributed by atoms with Gasteiger partial charge in [-0.1, -0.05) is 13.8 Å². The summed E-state index contributed by atoms with van der Waals surface area (Å²) in [6.07, 6.45) is 7.33. The number of aliphatic hydroxyl groups excluding tert-OH is 3. The van der Waals surface area contributed by atoms with Crippen LogP contribution in [0, 0.1) is 34.0 Å². The third-order valence-corrected chi connectivity index (χ3v) is 9.54. The summed E-state index contributed by atoms with van der Waals surface area (Å²) in [5.74, 6) is 1.18. The minimum Gasteiger partial charge on any atom is -0.396 e. The van der Waals surface area contributed by atoms with E-state index in [1.165, 1.54) is 0 Å². The normalized spacial score (nSPS) is 59.8. The van der Waals surface area contributed by atoms with Crippen LogP contribution in [0.1, 0.15) is 65.2 Å². The Morgan fingerprint density at radius 1 is 0.917 bits per heavy atom. The molecule has 0 unspecified atom stereocenters. The van der Waals surface area contributed by atoms with Crippen LogP contribution in [-0.2, 0) is 0 Å². The van der Waals surface area contributed by atoms with Crippen LogP contribution in [0.4, 0.5) is 0 Å². The molecule has 4 aliphatic rings. The second kappa shape index (κ2) is 5.18. The van der Waals surface area contributed by atoms with Gasteiger partial charge in [0.25, 0.3) is 0 Å². The summed E-state index contributed by atoms with van der Waals surface area (Å²) in [6, 6.07) is 0. The van der Waals surface area contributed by atoms with Gasteiger partial charge in [0.1, 0.15) is 0 Å². The molecule has 4 saturated carbocycles. The van der Waals surface area contributed by atoms with Crippen LogP contribution in [0.3, 0.4) is 0 Å². The molecule has 0 radical (unpaired) electrons. The van der Waals surface area contributed by atoms with Gasteiger partial charge in [-0.25, -0.2) is 0 Å². The van der Waals surface area contributed by atoms with Crippen LogP contribution in [0.15, 0.2) is 0 Å². The first-order chi connectivity index (χ1) is 11.3. The Morgan fingerprint density at radius 2 is 1.67 bits per heavy atom. The maximum absolute atomic E-state index is 10.9. The Labute approximate surface area is 145 Å². The lowest BCUT2D eigenvalue weighted by Gasteiger charge is -2.66. The highest BCUT2D eigenvalue weighted by atomic mass is 16.3. The number of aliphatic hydroxyl groups is 4. The lowest BCUT2D eigenvalue weighted by atomic mass is 9.39. The van der Waals surface area contributed by atoms with Crippen LogP contribution in [-0.4, -0.2) is 45.3 Å². The SMILES string of the molecule is C[C@@]1(CO)[C@H]2CC[C@@H]3C[C@H]4C[C@@]3(CC[C@@]4(O)CO)[C@]2(C)CC[C@@H]1O. The Kier molecular flexibility index (Phi) is 3.73. The van der Waals surface area contributed by atoms with Crippen molar-refractivity contribution in [3.63, 3.8) is 0 Å². The summed E-state index contributed by atoms with van der Waals surface area (Å²) < 4.78 is 0. The molecule has 4 nitrogen and oxygen atoms in total. The molecule has 0 aromatic carbocycles. The molecule has 0 amide bonds. The fraction of sp³-hybridized carbons (Fsp3) is 1.00. The average Bonchev–Trinajstić information content (AvgIpc) is 2.93. The minimum absolute atomic E-state index is 0.0547. The molecule has 0 aromatic heterocycles. The van der Waals surface area contributed by atoms with E-state index < -0.39 is 17.1 Å². The topological polar surface area (TPSA) is 80.9 Å². The smallest absolute Gasteiger partial charge is 0.0905 e. The highest BCUT2D eigenvalue weighted by Crippen LogP contribution is 2.75. The van der Waals surface area contributed by atoms with E-state index in [1.54, 1.807) is 0 Å². The summed E-state index contributed by atoms with van der Waals surface area (Å²) in [4.78, 5) is 0. The van der Waals surface area contributed by atoms with Gasteiger partial charge >= 0.3 is 0 Å². The van der Waals surface area contributed by atoms with Crippen LogP contribution < -0.4 is 0 Å². The molecule has 0 aromatic rings. The van der Waals surface area contributed by atoms with Crippen LogP contribution in [0.25, 0.3) is 0 Å². The summed E-state index contributed by atoms with van der Waals surface area (Å²) in [6.45, 7) is 4.43. The second-order valence-electron chi connectivity index (χ2n) is 10.0. The van der Waals surface area contributed by atoms with Gasteiger partial charge in [-0.05, 0) is 80.0 Å². The van der Waals surface area contributed by atoms with Crippen molar-refractivity contribution >= 4 is 0 Å². The third kappa shape index (κ3) is 1.84. The van der Waals surface area contributed by atoms with Gasteiger partial charge in [0.15, 0.2) is 0 Å². The van der Waals surface area contributed by atoms with Gasteiger partial charge in [0.2, 0.25) is 0 Å². The van der Waals surface area contributed by atoms with Crippen molar-refractivity contribution < 1.29 is 20.4 Å². The molecule has 24 heavy (non-hydrogen) atoms. The average molecular weight is 338 g/mol. The Hall–Kier alpha value is -0.160. The van der Waals surface area contributed by atoms with Crippen molar-refractivity contribution in [1.82, 2.24) is 0 Å². The minimum atomic E-state index is -0.886. The largest absolute Gasteiger partial charge is 0.396 e. The number of hydrogen-bond acceptors (Lipinski definition) is 4. The van der Waals surface area contributed by atoms with Crippen LogP contribution in [0.5, 0.6) is 0 Å². The highest BCUT2D eigenvalue weighted by Gasteiger charge is 2.70. The summed E-state index contributed by atoms with van der Waals surface area (Å²) in [5, 5.41) is 41.3. The number of fused-ring (bicyclic) bond motifs is 2. The first-order valence-corrected chi connectivity index (χ1v) is 9.88. The first kappa shape index (κ1) is 17.3. The van der Waals surface area contributed by atoms with Gasteiger partial charge in [0.05, 0.1) is 24.9 Å². The van der Waals surface area contributed by atoms with Crippen molar-refractivity contribution in [2.45, 2.75) is 76.9 Å². The number of hydrogen-bond donors (Lipinski definition) is 4. The zero-order valence-electron chi connectivity index (χ0n) is 15.2. The fourth-order valence-corrected chi connectivity index (χ4v) is 7.93. The molecule has 2 bridgehead atoms. The molecule has 0 aliphatic heterocycles. The highest BCUT2D eigenvalue weighted by molar-refractivity contribution is 5.19. The predicted octanol–water partition coefficient (Wildman–Crippen LogP) is 2.09. The molecule has 4 fully saturated rings. The molecular weight excluding hydrogens is 304 g/mol. The second-order valence-corrected chi connectivity index (χ2v) is 10.0. The van der Waals surface area contributed by atoms with Gasteiger partial charge in [0, 0.05) is 5.41 Å². The molecule has 1 spiro atoms. The standard InChI is InChI=1S/C20H34O4/c1-17(11-21)15-4-3-13-9-14-10-19(13,7-8-20(14,24)12-22)18(15,2)6-5-16(17)23/h13-16,21-24H,3-12H2,1-2H3/t13-,14+,15-,16+,17-,18-,19-,20-/m1/s1. The molecule has 0 saturated heterocycles. The van der Waals surface area contributed by atoms with E-state index >= 15 is 0 Å². The van der Waals surface area contributed by atoms with Gasteiger partial charge < -0.3 is 20.4 Å². The summed E-state index contributed by atoms with van der Waals surface area (Å²) in [7, 11) is 0. The van der Waals surface area contributed by atoms with Crippen molar-refractivity contribution in [2.24, 2.45) is 34.0 Å². The quantitative estimate of drug-likeness (QED) is 0.621. The Balaban J connectivity index is 1.74. The van der Waals surface area contributed by atoms with E-state index in [4.69, 9.17) is 0 Å². The molecule has 4 N–H and O–H groups in total. The molecule has 0 heterocycles. The zero-order valence-corrected chi connectivity index (χ0v) is 15.2. The lowest BCUT2D eigenvalue weighted by Crippen LogP contribution is -2.63. The molecule has 138 valence electrons. The molecule has 8 atom stereocenters. The van der Waals surface area contributed by atoms with Crippen LogP contribution >= 0.6 is 0 Å². The maximum Gasteiger partial charge on any atom is 0.0905 e. The molecular formula is C20H34O4. The van der Waals surface area contributed by atoms with Crippen molar-refractivity contribution in [2.75, 3.05) is 13.2 Å². The number of rotatable bonds is 2. The van der Waals surface area contributed by atoms with Crippen molar-refractivity contribution in [3.8, 4) is 0 Å². The fourth-order valence-electron chi connectivity index (χ4n) is 7.93. The van der Waals surface area contributed by atoms with Crippen LogP contribution in [0.2, 0.25) is 0 Å². The van der Waals surface area contributed by atoms with E-state index in [0.717, 1.165) is 44.9 Å².